The Morgan fingerprint density at radius 3 is 1.95 bits per heavy atom. The highest BCUT2D eigenvalue weighted by Gasteiger charge is 2.05. The van der Waals surface area contributed by atoms with Gasteiger partial charge < -0.3 is 17.2 Å². The van der Waals surface area contributed by atoms with Crippen LogP contribution in [-0.2, 0) is 0 Å². The SMILES string of the molecule is Cc1cc(N)c(C)nc1C.Nc1cc(F)c(F)nc1N. The van der Waals surface area contributed by atoms with Crippen LogP contribution in [0, 0.1) is 32.5 Å². The first kappa shape index (κ1) is 15.6. The maximum Gasteiger partial charge on any atom is 0.251 e. The van der Waals surface area contributed by atoms with Gasteiger partial charge >= 0.3 is 0 Å². The van der Waals surface area contributed by atoms with Crippen LogP contribution in [-0.4, -0.2) is 9.97 Å². The monoisotopic (exact) mass is 281 g/mol. The highest BCUT2D eigenvalue weighted by atomic mass is 19.2. The summed E-state index contributed by atoms with van der Waals surface area (Å²) in [5, 5.41) is 0. The minimum absolute atomic E-state index is 0.0566. The number of halogens is 2. The van der Waals surface area contributed by atoms with E-state index in [1.54, 1.807) is 0 Å². The Morgan fingerprint density at radius 2 is 1.45 bits per heavy atom. The first-order valence-electron chi connectivity index (χ1n) is 5.79. The van der Waals surface area contributed by atoms with E-state index < -0.39 is 11.8 Å². The molecule has 0 radical (unpaired) electrons. The molecule has 0 bridgehead atoms. The number of nitrogens with zero attached hydrogens (tertiary/aromatic N) is 2. The number of nitrogen functional groups attached to an aromatic ring is 3. The molecule has 0 amide bonds. The van der Waals surface area contributed by atoms with Gasteiger partial charge in [-0.3, -0.25) is 4.98 Å². The fourth-order valence-corrected chi connectivity index (χ4v) is 1.34. The summed E-state index contributed by atoms with van der Waals surface area (Å²) in [5.74, 6) is -2.52. The molecule has 5 nitrogen and oxygen atoms in total. The summed E-state index contributed by atoms with van der Waals surface area (Å²) in [6.07, 6.45) is 0. The Labute approximate surface area is 115 Å². The average molecular weight is 281 g/mol. The van der Waals surface area contributed by atoms with Gasteiger partial charge in [0.2, 0.25) is 0 Å². The van der Waals surface area contributed by atoms with Gasteiger partial charge in [-0.05, 0) is 32.4 Å². The van der Waals surface area contributed by atoms with Gasteiger partial charge in [0.15, 0.2) is 5.82 Å². The Kier molecular flexibility index (Phi) is 4.79. The van der Waals surface area contributed by atoms with Crippen molar-refractivity contribution in [1.82, 2.24) is 9.97 Å². The molecule has 0 atom stereocenters. The minimum Gasteiger partial charge on any atom is -0.397 e. The van der Waals surface area contributed by atoms with Crippen LogP contribution in [0.5, 0.6) is 0 Å². The fraction of sp³-hybridized carbons (Fsp3) is 0.231. The van der Waals surface area contributed by atoms with Crippen LogP contribution in [0.25, 0.3) is 0 Å². The molecule has 0 aliphatic carbocycles. The van der Waals surface area contributed by atoms with Crippen LogP contribution in [0.15, 0.2) is 12.1 Å². The maximum atomic E-state index is 12.2. The van der Waals surface area contributed by atoms with Crippen molar-refractivity contribution in [3.8, 4) is 0 Å². The molecule has 20 heavy (non-hydrogen) atoms. The topological polar surface area (TPSA) is 104 Å². The van der Waals surface area contributed by atoms with Crippen molar-refractivity contribution < 1.29 is 8.78 Å². The smallest absolute Gasteiger partial charge is 0.251 e. The van der Waals surface area contributed by atoms with E-state index in [1.807, 2.05) is 26.8 Å². The predicted octanol–water partition coefficient (Wildman–Crippen LogP) is 2.11. The predicted molar refractivity (Wildman–Crippen MR) is 75.8 cm³/mol. The quantitative estimate of drug-likeness (QED) is 0.642. The summed E-state index contributed by atoms with van der Waals surface area (Å²) < 4.78 is 24.3. The summed E-state index contributed by atoms with van der Waals surface area (Å²) in [7, 11) is 0. The zero-order valence-corrected chi connectivity index (χ0v) is 11.5. The summed E-state index contributed by atoms with van der Waals surface area (Å²) >= 11 is 0. The van der Waals surface area contributed by atoms with E-state index in [-0.39, 0.29) is 11.5 Å². The molecule has 7 heteroatoms. The summed E-state index contributed by atoms with van der Waals surface area (Å²) in [6.45, 7) is 5.92. The molecule has 0 fully saturated rings. The van der Waals surface area contributed by atoms with Crippen molar-refractivity contribution in [2.24, 2.45) is 0 Å². The lowest BCUT2D eigenvalue weighted by atomic mass is 10.2. The Balaban J connectivity index is 0.000000200. The molecular weight excluding hydrogens is 264 g/mol. The van der Waals surface area contributed by atoms with E-state index in [9.17, 15) is 8.78 Å². The third-order valence-corrected chi connectivity index (χ3v) is 2.69. The number of rotatable bonds is 0. The number of anilines is 3. The minimum atomic E-state index is -1.23. The zero-order valence-electron chi connectivity index (χ0n) is 11.5. The number of aromatic nitrogens is 2. The third kappa shape index (κ3) is 3.78. The number of hydrogen-bond donors (Lipinski definition) is 3. The molecule has 2 rings (SSSR count). The molecule has 0 saturated carbocycles. The van der Waals surface area contributed by atoms with Gasteiger partial charge in [0.25, 0.3) is 5.95 Å². The second-order valence-electron chi connectivity index (χ2n) is 4.30. The number of aryl methyl sites for hydroxylation is 3. The molecular formula is C13H17F2N5. The average Bonchev–Trinajstić information content (AvgIpc) is 2.35. The molecule has 0 aromatic carbocycles. The lowest BCUT2D eigenvalue weighted by Crippen LogP contribution is -2.01. The number of hydrogen-bond acceptors (Lipinski definition) is 5. The second kappa shape index (κ2) is 6.14. The lowest BCUT2D eigenvalue weighted by molar-refractivity contribution is 0.481. The number of pyridine rings is 2. The van der Waals surface area contributed by atoms with E-state index in [0.29, 0.717) is 0 Å². The van der Waals surface area contributed by atoms with Crippen LogP contribution in [0.1, 0.15) is 17.0 Å². The highest BCUT2D eigenvalue weighted by Crippen LogP contribution is 2.14. The van der Waals surface area contributed by atoms with E-state index in [4.69, 9.17) is 17.2 Å². The van der Waals surface area contributed by atoms with Crippen LogP contribution >= 0.6 is 0 Å². The largest absolute Gasteiger partial charge is 0.397 e. The summed E-state index contributed by atoms with van der Waals surface area (Å²) in [6, 6.07) is 2.75. The van der Waals surface area contributed by atoms with Gasteiger partial charge in [-0.2, -0.15) is 9.37 Å². The lowest BCUT2D eigenvalue weighted by Gasteiger charge is -2.02. The molecule has 108 valence electrons. The van der Waals surface area contributed by atoms with Crippen molar-refractivity contribution in [3.05, 3.63) is 40.8 Å². The highest BCUT2D eigenvalue weighted by molar-refractivity contribution is 5.57. The molecule has 0 spiro atoms. The van der Waals surface area contributed by atoms with Gasteiger partial charge in [0.05, 0.1) is 17.1 Å². The first-order valence-corrected chi connectivity index (χ1v) is 5.79. The van der Waals surface area contributed by atoms with Crippen LogP contribution in [0.3, 0.4) is 0 Å². The first-order chi connectivity index (χ1) is 9.22. The molecule has 0 aliphatic rings. The van der Waals surface area contributed by atoms with Crippen molar-refractivity contribution in [2.75, 3.05) is 17.2 Å². The van der Waals surface area contributed by atoms with Gasteiger partial charge in [0.1, 0.15) is 5.82 Å². The van der Waals surface area contributed by atoms with Gasteiger partial charge in [-0.25, -0.2) is 4.39 Å². The van der Waals surface area contributed by atoms with Crippen LogP contribution < -0.4 is 17.2 Å². The Hall–Kier alpha value is -2.44. The van der Waals surface area contributed by atoms with Crippen molar-refractivity contribution in [3.63, 3.8) is 0 Å². The maximum absolute atomic E-state index is 12.2. The molecule has 0 aliphatic heterocycles. The molecule has 2 heterocycles. The van der Waals surface area contributed by atoms with E-state index >= 15 is 0 Å². The fourth-order valence-electron chi connectivity index (χ4n) is 1.34. The van der Waals surface area contributed by atoms with E-state index in [1.165, 1.54) is 0 Å². The molecule has 6 N–H and O–H groups in total. The summed E-state index contributed by atoms with van der Waals surface area (Å²) in [5.41, 5.74) is 19.6. The summed E-state index contributed by atoms with van der Waals surface area (Å²) in [4.78, 5) is 7.23. The Morgan fingerprint density at radius 1 is 0.850 bits per heavy atom. The van der Waals surface area contributed by atoms with Crippen molar-refractivity contribution in [2.45, 2.75) is 20.8 Å². The van der Waals surface area contributed by atoms with Crippen LogP contribution in [0.4, 0.5) is 26.0 Å². The van der Waals surface area contributed by atoms with E-state index in [2.05, 4.69) is 9.97 Å². The second-order valence-corrected chi connectivity index (χ2v) is 4.30. The molecule has 2 aromatic heterocycles. The zero-order chi connectivity index (χ0) is 15.4. The Bertz CT molecular complexity index is 473. The van der Waals surface area contributed by atoms with Gasteiger partial charge in [-0.15, -0.1) is 0 Å². The molecule has 2 aromatic rings. The van der Waals surface area contributed by atoms with Crippen molar-refractivity contribution in [1.29, 1.82) is 0 Å². The van der Waals surface area contributed by atoms with Crippen molar-refractivity contribution >= 4 is 17.2 Å². The molecule has 0 unspecified atom stereocenters. The standard InChI is InChI=1S/C8H12N2.C5H5F2N3/c1-5-4-8(9)7(3)10-6(5)2;6-2-1-3(8)5(9)10-4(2)7/h4H,9H2,1-3H3;1H,8H2,(H2,9,10). The number of nitrogens with two attached hydrogens (primary N) is 3. The van der Waals surface area contributed by atoms with Gasteiger partial charge in [-0.1, -0.05) is 0 Å². The normalized spacial score (nSPS) is 9.85. The van der Waals surface area contributed by atoms with E-state index in [0.717, 1.165) is 28.7 Å². The van der Waals surface area contributed by atoms with Crippen LogP contribution in [0.2, 0.25) is 0 Å². The molecule has 0 saturated heterocycles. The van der Waals surface area contributed by atoms with Gasteiger partial charge in [0, 0.05) is 11.8 Å². The third-order valence-electron chi connectivity index (χ3n) is 2.69.